The summed E-state index contributed by atoms with van der Waals surface area (Å²) >= 11 is 0. The van der Waals surface area contributed by atoms with Crippen LogP contribution in [0.3, 0.4) is 0 Å². The number of hydrogen-bond acceptors (Lipinski definition) is 4. The zero-order chi connectivity index (χ0) is 19.5. The van der Waals surface area contributed by atoms with Gasteiger partial charge in [0.25, 0.3) is 0 Å². The summed E-state index contributed by atoms with van der Waals surface area (Å²) < 4.78 is 12.1. The van der Waals surface area contributed by atoms with Crippen molar-refractivity contribution in [3.63, 3.8) is 0 Å². The lowest BCUT2D eigenvalue weighted by Crippen LogP contribution is -2.25. The molecular formula is C25H32N2O2. The van der Waals surface area contributed by atoms with E-state index >= 15 is 0 Å². The molecule has 2 aliphatic heterocycles. The summed E-state index contributed by atoms with van der Waals surface area (Å²) in [7, 11) is 0. The number of rotatable bonds is 8. The smallest absolute Gasteiger partial charge is 0.120 e. The predicted molar refractivity (Wildman–Crippen MR) is 117 cm³/mol. The number of nitrogens with zero attached hydrogens (tertiary/aromatic N) is 2. The van der Waals surface area contributed by atoms with E-state index in [0.717, 1.165) is 44.2 Å². The summed E-state index contributed by atoms with van der Waals surface area (Å²) in [5, 5.41) is 0. The normalized spacial score (nSPS) is 18.8. The summed E-state index contributed by atoms with van der Waals surface area (Å²) in [4.78, 5) is 4.99. The van der Waals surface area contributed by atoms with E-state index in [9.17, 15) is 0 Å². The first-order valence-corrected chi connectivity index (χ1v) is 11.3. The molecule has 4 nitrogen and oxygen atoms in total. The third-order valence-corrected chi connectivity index (χ3v) is 6.58. The standard InChI is InChI=1S/C25H32N2O2/c1-2-10-26(9-1)13-15-28-22-7-8-24-21(18-22)17-20-5-6-23(19-25(20)24)29-16-14-27-11-3-4-12-27/h5-8,18-19H,1-4,9-17H2. The van der Waals surface area contributed by atoms with E-state index < -0.39 is 0 Å². The molecule has 2 aromatic rings. The molecule has 2 heterocycles. The Morgan fingerprint density at radius 3 is 1.86 bits per heavy atom. The zero-order valence-corrected chi connectivity index (χ0v) is 17.4. The fourth-order valence-electron chi connectivity index (χ4n) is 4.92. The molecule has 5 rings (SSSR count). The van der Waals surface area contributed by atoms with Crippen LogP contribution in [0.1, 0.15) is 36.8 Å². The summed E-state index contributed by atoms with van der Waals surface area (Å²) in [5.74, 6) is 1.99. The predicted octanol–water partition coefficient (Wildman–Crippen LogP) is 4.21. The molecule has 0 spiro atoms. The Labute approximate surface area is 174 Å². The molecule has 29 heavy (non-hydrogen) atoms. The first-order valence-electron chi connectivity index (χ1n) is 11.3. The molecule has 0 N–H and O–H groups in total. The fourth-order valence-corrected chi connectivity index (χ4v) is 4.92. The van der Waals surface area contributed by atoms with E-state index in [1.807, 2.05) is 0 Å². The van der Waals surface area contributed by atoms with Crippen molar-refractivity contribution in [3.8, 4) is 22.6 Å². The Balaban J connectivity index is 1.19. The highest BCUT2D eigenvalue weighted by atomic mass is 16.5. The van der Waals surface area contributed by atoms with Crippen LogP contribution in [0.4, 0.5) is 0 Å². The molecule has 0 radical (unpaired) electrons. The van der Waals surface area contributed by atoms with Crippen LogP contribution in [0, 0.1) is 0 Å². The van der Waals surface area contributed by atoms with Gasteiger partial charge < -0.3 is 9.47 Å². The molecule has 0 atom stereocenters. The van der Waals surface area contributed by atoms with Gasteiger partial charge in [0.05, 0.1) is 0 Å². The first kappa shape index (κ1) is 19.0. The van der Waals surface area contributed by atoms with Gasteiger partial charge in [0.1, 0.15) is 24.7 Å². The Kier molecular flexibility index (Phi) is 5.73. The van der Waals surface area contributed by atoms with Crippen molar-refractivity contribution < 1.29 is 9.47 Å². The maximum absolute atomic E-state index is 6.06. The Hall–Kier alpha value is -2.04. The second-order valence-electron chi connectivity index (χ2n) is 8.61. The molecule has 0 saturated carbocycles. The lowest BCUT2D eigenvalue weighted by molar-refractivity contribution is 0.237. The van der Waals surface area contributed by atoms with Gasteiger partial charge in [-0.25, -0.2) is 0 Å². The molecule has 2 aromatic carbocycles. The highest BCUT2D eigenvalue weighted by Gasteiger charge is 2.20. The minimum absolute atomic E-state index is 0.773. The van der Waals surface area contributed by atoms with Crippen LogP contribution in [0.25, 0.3) is 11.1 Å². The molecular weight excluding hydrogens is 360 g/mol. The molecule has 1 aliphatic carbocycles. The van der Waals surface area contributed by atoms with Crippen LogP contribution < -0.4 is 9.47 Å². The maximum atomic E-state index is 6.06. The van der Waals surface area contributed by atoms with E-state index in [4.69, 9.17) is 9.47 Å². The highest BCUT2D eigenvalue weighted by molar-refractivity contribution is 5.78. The lowest BCUT2D eigenvalue weighted by atomic mass is 10.1. The third-order valence-electron chi connectivity index (χ3n) is 6.58. The van der Waals surface area contributed by atoms with Crippen LogP contribution in [-0.2, 0) is 6.42 Å². The maximum Gasteiger partial charge on any atom is 0.120 e. The molecule has 0 aromatic heterocycles. The number of benzene rings is 2. The molecule has 0 unspecified atom stereocenters. The van der Waals surface area contributed by atoms with E-state index in [1.54, 1.807) is 0 Å². The quantitative estimate of drug-likeness (QED) is 0.573. The monoisotopic (exact) mass is 392 g/mol. The summed E-state index contributed by atoms with van der Waals surface area (Å²) in [6.45, 7) is 8.53. The second kappa shape index (κ2) is 8.76. The first-order chi connectivity index (χ1) is 14.3. The third kappa shape index (κ3) is 4.44. The van der Waals surface area contributed by atoms with Crippen molar-refractivity contribution in [2.75, 3.05) is 52.5 Å². The number of likely N-dealkylation sites (tertiary alicyclic amines) is 2. The van der Waals surface area contributed by atoms with Gasteiger partial charge in [-0.2, -0.15) is 0 Å². The van der Waals surface area contributed by atoms with Crippen LogP contribution in [-0.4, -0.2) is 62.3 Å². The number of hydrogen-bond donors (Lipinski definition) is 0. The van der Waals surface area contributed by atoms with Crippen LogP contribution >= 0.6 is 0 Å². The average Bonchev–Trinajstić information content (AvgIpc) is 3.49. The van der Waals surface area contributed by atoms with E-state index in [-0.39, 0.29) is 0 Å². The van der Waals surface area contributed by atoms with Gasteiger partial charge in [0.15, 0.2) is 0 Å². The molecule has 2 fully saturated rings. The Morgan fingerprint density at radius 1 is 0.621 bits per heavy atom. The zero-order valence-electron chi connectivity index (χ0n) is 17.4. The van der Waals surface area contributed by atoms with Gasteiger partial charge in [-0.1, -0.05) is 12.1 Å². The molecule has 0 bridgehead atoms. The van der Waals surface area contributed by atoms with Crippen molar-refractivity contribution in [1.82, 2.24) is 9.80 Å². The van der Waals surface area contributed by atoms with Gasteiger partial charge in [-0.3, -0.25) is 9.80 Å². The van der Waals surface area contributed by atoms with E-state index in [1.165, 1.54) is 74.1 Å². The Bertz CT molecular complexity index is 839. The van der Waals surface area contributed by atoms with Crippen LogP contribution in [0.2, 0.25) is 0 Å². The van der Waals surface area contributed by atoms with Crippen molar-refractivity contribution in [3.05, 3.63) is 47.5 Å². The number of ether oxygens (including phenoxy) is 2. The average molecular weight is 393 g/mol. The van der Waals surface area contributed by atoms with E-state index in [2.05, 4.69) is 46.2 Å². The lowest BCUT2D eigenvalue weighted by Gasteiger charge is -2.15. The highest BCUT2D eigenvalue weighted by Crippen LogP contribution is 2.40. The molecule has 0 amide bonds. The van der Waals surface area contributed by atoms with Crippen molar-refractivity contribution in [2.24, 2.45) is 0 Å². The van der Waals surface area contributed by atoms with Gasteiger partial charge in [-0.05, 0) is 105 Å². The van der Waals surface area contributed by atoms with Gasteiger partial charge in [0, 0.05) is 13.1 Å². The van der Waals surface area contributed by atoms with E-state index in [0.29, 0.717) is 0 Å². The largest absolute Gasteiger partial charge is 0.492 e. The van der Waals surface area contributed by atoms with Gasteiger partial charge >= 0.3 is 0 Å². The number of fused-ring (bicyclic) bond motifs is 3. The SMILES string of the molecule is c1cc2c(cc1OCCN1CCCC1)Cc1ccc(OCCN3CCCC3)cc1-2. The molecule has 154 valence electrons. The Morgan fingerprint density at radius 2 is 1.21 bits per heavy atom. The summed E-state index contributed by atoms with van der Waals surface area (Å²) in [6, 6.07) is 13.2. The minimum atomic E-state index is 0.773. The van der Waals surface area contributed by atoms with Crippen molar-refractivity contribution >= 4 is 0 Å². The molecule has 3 aliphatic rings. The van der Waals surface area contributed by atoms with Crippen molar-refractivity contribution in [2.45, 2.75) is 32.1 Å². The fraction of sp³-hybridized carbons (Fsp3) is 0.520. The summed E-state index contributed by atoms with van der Waals surface area (Å²) in [5.41, 5.74) is 5.41. The topological polar surface area (TPSA) is 24.9 Å². The molecule has 4 heteroatoms. The minimum Gasteiger partial charge on any atom is -0.492 e. The van der Waals surface area contributed by atoms with Gasteiger partial charge in [-0.15, -0.1) is 0 Å². The van der Waals surface area contributed by atoms with Crippen LogP contribution in [0.5, 0.6) is 11.5 Å². The van der Waals surface area contributed by atoms with Gasteiger partial charge in [0.2, 0.25) is 0 Å². The van der Waals surface area contributed by atoms with Crippen molar-refractivity contribution in [1.29, 1.82) is 0 Å². The molecule has 2 saturated heterocycles. The van der Waals surface area contributed by atoms with Crippen LogP contribution in [0.15, 0.2) is 36.4 Å². The second-order valence-corrected chi connectivity index (χ2v) is 8.61. The summed E-state index contributed by atoms with van der Waals surface area (Å²) in [6.07, 6.45) is 6.32.